The van der Waals surface area contributed by atoms with E-state index in [-0.39, 0.29) is 17.5 Å². The van der Waals surface area contributed by atoms with Crippen molar-refractivity contribution in [2.75, 3.05) is 0 Å². The molecule has 0 saturated heterocycles. The average molecular weight is 389 g/mol. The van der Waals surface area contributed by atoms with Crippen molar-refractivity contribution in [3.63, 3.8) is 0 Å². The molecule has 3 atom stereocenters. The predicted molar refractivity (Wildman–Crippen MR) is 108 cm³/mol. The molecule has 1 aliphatic carbocycles. The van der Waals surface area contributed by atoms with Gasteiger partial charge in [0.15, 0.2) is 0 Å². The molecule has 6 nitrogen and oxygen atoms in total. The van der Waals surface area contributed by atoms with Gasteiger partial charge in [-0.1, -0.05) is 26.7 Å². The third-order valence-electron chi connectivity index (χ3n) is 5.97. The van der Waals surface area contributed by atoms with Crippen molar-refractivity contribution in [2.45, 2.75) is 59.9 Å². The number of hydrogen-bond donors (Lipinski definition) is 1. The number of hydrogen-bond acceptors (Lipinski definition) is 5. The maximum atomic E-state index is 12.9. The van der Waals surface area contributed by atoms with Crippen molar-refractivity contribution in [2.24, 2.45) is 18.9 Å². The summed E-state index contributed by atoms with van der Waals surface area (Å²) in [5.74, 6) is 1.00. The normalized spacial score (nSPS) is 22.7. The zero-order valence-corrected chi connectivity index (χ0v) is 17.7. The van der Waals surface area contributed by atoms with Crippen molar-refractivity contribution in [3.05, 3.63) is 32.2 Å². The highest BCUT2D eigenvalue weighted by atomic mass is 32.1. The molecular weight excluding hydrogens is 360 g/mol. The highest BCUT2D eigenvalue weighted by Crippen LogP contribution is 2.31. The van der Waals surface area contributed by atoms with E-state index in [9.17, 15) is 9.59 Å². The Labute approximate surface area is 164 Å². The molecule has 3 rings (SSSR count). The molecule has 3 unspecified atom stereocenters. The zero-order chi connectivity index (χ0) is 19.9. The van der Waals surface area contributed by atoms with Crippen LogP contribution in [0.4, 0.5) is 0 Å². The largest absolute Gasteiger partial charge is 0.348 e. The minimum atomic E-state index is -0.187. The number of amides is 1. The van der Waals surface area contributed by atoms with Crippen LogP contribution in [0.25, 0.3) is 10.6 Å². The molecule has 146 valence electrons. The van der Waals surface area contributed by atoms with Crippen LogP contribution in [0.5, 0.6) is 0 Å². The van der Waals surface area contributed by atoms with Crippen LogP contribution in [0.15, 0.2) is 4.79 Å². The van der Waals surface area contributed by atoms with Crippen LogP contribution < -0.4 is 10.9 Å². The summed E-state index contributed by atoms with van der Waals surface area (Å²) in [6.45, 7) is 10.0. The lowest BCUT2D eigenvalue weighted by molar-refractivity contribution is 0.0894. The Morgan fingerprint density at radius 1 is 1.19 bits per heavy atom. The SMILES string of the molecule is Cc1nc(-c2c(C)c(C)nn(C)c2=O)sc1C(=O)NC1CCCC(C)C1C. The second-order valence-corrected chi connectivity index (χ2v) is 8.79. The Morgan fingerprint density at radius 3 is 2.59 bits per heavy atom. The molecule has 1 fully saturated rings. The van der Waals surface area contributed by atoms with E-state index in [1.807, 2.05) is 20.8 Å². The first-order chi connectivity index (χ1) is 12.7. The van der Waals surface area contributed by atoms with Crippen molar-refractivity contribution in [3.8, 4) is 10.6 Å². The van der Waals surface area contributed by atoms with Gasteiger partial charge in [0.1, 0.15) is 9.88 Å². The summed E-state index contributed by atoms with van der Waals surface area (Å²) in [5, 5.41) is 8.02. The topological polar surface area (TPSA) is 76.9 Å². The quantitative estimate of drug-likeness (QED) is 0.874. The van der Waals surface area contributed by atoms with Crippen LogP contribution in [0.3, 0.4) is 0 Å². The number of nitrogens with one attached hydrogen (secondary N) is 1. The standard InChI is InChI=1S/C20H28N4O2S/c1-10-8-7-9-15(11(10)2)22-18(25)17-14(5)21-19(27-17)16-12(3)13(4)23-24(6)20(16)26/h10-11,15H,7-9H2,1-6H3,(H,22,25). The second-order valence-electron chi connectivity index (χ2n) is 7.79. The summed E-state index contributed by atoms with van der Waals surface area (Å²) in [6.07, 6.45) is 3.39. The molecule has 0 aliphatic heterocycles. The van der Waals surface area contributed by atoms with E-state index in [0.717, 1.165) is 24.1 Å². The minimum Gasteiger partial charge on any atom is -0.348 e. The van der Waals surface area contributed by atoms with Crippen molar-refractivity contribution < 1.29 is 4.79 Å². The van der Waals surface area contributed by atoms with Gasteiger partial charge in [0.25, 0.3) is 11.5 Å². The number of aryl methyl sites for hydroxylation is 3. The van der Waals surface area contributed by atoms with Gasteiger partial charge in [-0.2, -0.15) is 5.10 Å². The molecule has 7 heteroatoms. The Balaban J connectivity index is 1.92. The van der Waals surface area contributed by atoms with Gasteiger partial charge in [-0.15, -0.1) is 11.3 Å². The van der Waals surface area contributed by atoms with Crippen molar-refractivity contribution in [1.29, 1.82) is 0 Å². The van der Waals surface area contributed by atoms with Gasteiger partial charge in [-0.25, -0.2) is 9.67 Å². The van der Waals surface area contributed by atoms with E-state index in [1.54, 1.807) is 7.05 Å². The summed E-state index contributed by atoms with van der Waals surface area (Å²) in [4.78, 5) is 30.6. The lowest BCUT2D eigenvalue weighted by Crippen LogP contribution is -2.43. The predicted octanol–water partition coefficient (Wildman–Crippen LogP) is 3.38. The van der Waals surface area contributed by atoms with Gasteiger partial charge in [0.2, 0.25) is 0 Å². The summed E-state index contributed by atoms with van der Waals surface area (Å²) in [7, 11) is 1.64. The van der Waals surface area contributed by atoms with E-state index in [4.69, 9.17) is 0 Å². The van der Waals surface area contributed by atoms with E-state index in [1.165, 1.54) is 22.4 Å². The highest BCUT2D eigenvalue weighted by Gasteiger charge is 2.29. The highest BCUT2D eigenvalue weighted by molar-refractivity contribution is 7.17. The molecule has 2 heterocycles. The van der Waals surface area contributed by atoms with Crippen LogP contribution in [-0.2, 0) is 7.05 Å². The maximum Gasteiger partial charge on any atom is 0.277 e. The van der Waals surface area contributed by atoms with E-state index in [2.05, 4.69) is 29.2 Å². The fourth-order valence-electron chi connectivity index (χ4n) is 3.83. The van der Waals surface area contributed by atoms with E-state index >= 15 is 0 Å². The molecule has 0 spiro atoms. The van der Waals surface area contributed by atoms with Gasteiger partial charge in [-0.3, -0.25) is 9.59 Å². The monoisotopic (exact) mass is 388 g/mol. The van der Waals surface area contributed by atoms with Crippen LogP contribution in [0.2, 0.25) is 0 Å². The van der Waals surface area contributed by atoms with Crippen LogP contribution in [-0.4, -0.2) is 26.7 Å². The average Bonchev–Trinajstić information content (AvgIpc) is 2.99. The molecule has 2 aromatic rings. The molecule has 1 aliphatic rings. The molecule has 1 saturated carbocycles. The molecule has 27 heavy (non-hydrogen) atoms. The minimum absolute atomic E-state index is 0.0811. The first-order valence-corrected chi connectivity index (χ1v) is 10.4. The Hall–Kier alpha value is -2.02. The molecule has 0 bridgehead atoms. The lowest BCUT2D eigenvalue weighted by Gasteiger charge is -2.34. The summed E-state index contributed by atoms with van der Waals surface area (Å²) >= 11 is 1.29. The first-order valence-electron chi connectivity index (χ1n) is 9.53. The third kappa shape index (κ3) is 3.70. The Bertz CT molecular complexity index is 931. The van der Waals surface area contributed by atoms with E-state index in [0.29, 0.717) is 33.0 Å². The Morgan fingerprint density at radius 2 is 1.89 bits per heavy atom. The molecule has 0 aromatic carbocycles. The smallest absolute Gasteiger partial charge is 0.277 e. The Kier molecular flexibility index (Phi) is 5.51. The molecular formula is C20H28N4O2S. The summed E-state index contributed by atoms with van der Waals surface area (Å²) in [5.41, 5.74) is 2.62. The number of aromatic nitrogens is 3. The van der Waals surface area contributed by atoms with Crippen LogP contribution in [0.1, 0.15) is 59.7 Å². The summed E-state index contributed by atoms with van der Waals surface area (Å²) < 4.78 is 1.33. The van der Waals surface area contributed by atoms with Gasteiger partial charge in [0.05, 0.1) is 17.0 Å². The van der Waals surface area contributed by atoms with E-state index < -0.39 is 0 Å². The van der Waals surface area contributed by atoms with Gasteiger partial charge in [-0.05, 0) is 44.6 Å². The maximum absolute atomic E-state index is 12.9. The molecule has 0 radical (unpaired) electrons. The first kappa shape index (κ1) is 19.7. The van der Waals surface area contributed by atoms with Crippen LogP contribution in [0, 0.1) is 32.6 Å². The van der Waals surface area contributed by atoms with Gasteiger partial charge >= 0.3 is 0 Å². The fourth-order valence-corrected chi connectivity index (χ4v) is 4.90. The van der Waals surface area contributed by atoms with Crippen molar-refractivity contribution >= 4 is 17.2 Å². The van der Waals surface area contributed by atoms with Crippen molar-refractivity contribution in [1.82, 2.24) is 20.1 Å². The number of nitrogens with zero attached hydrogens (tertiary/aromatic N) is 3. The lowest BCUT2D eigenvalue weighted by atomic mass is 9.78. The zero-order valence-electron chi connectivity index (χ0n) is 16.9. The molecule has 1 N–H and O–H groups in total. The number of thiazole rings is 1. The summed E-state index contributed by atoms with van der Waals surface area (Å²) in [6, 6.07) is 0.198. The fraction of sp³-hybridized carbons (Fsp3) is 0.600. The van der Waals surface area contributed by atoms with Gasteiger partial charge < -0.3 is 5.32 Å². The van der Waals surface area contributed by atoms with Crippen LogP contribution >= 0.6 is 11.3 Å². The third-order valence-corrected chi connectivity index (χ3v) is 7.14. The second kappa shape index (κ2) is 7.54. The number of carbonyl (C=O) groups is 1. The number of carbonyl (C=O) groups excluding carboxylic acids is 1. The molecule has 2 aromatic heterocycles. The number of rotatable bonds is 3. The molecule has 1 amide bonds. The van der Waals surface area contributed by atoms with Gasteiger partial charge in [0, 0.05) is 13.1 Å².